The highest BCUT2D eigenvalue weighted by Gasteiger charge is 2.06. The van der Waals surface area contributed by atoms with Crippen LogP contribution < -0.4 is 0 Å². The van der Waals surface area contributed by atoms with Crippen LogP contribution >= 0.6 is 35.1 Å². The Morgan fingerprint density at radius 3 is 2.75 bits per heavy atom. The van der Waals surface area contributed by atoms with Gasteiger partial charge in [0, 0.05) is 16.4 Å². The number of aliphatic hydroxyl groups is 1. The van der Waals surface area contributed by atoms with Crippen molar-refractivity contribution in [3.8, 4) is 0 Å². The van der Waals surface area contributed by atoms with E-state index in [1.54, 1.807) is 23.5 Å². The first-order valence-corrected chi connectivity index (χ1v) is 7.89. The summed E-state index contributed by atoms with van der Waals surface area (Å²) in [6, 6.07) is 7.74. The zero-order valence-electron chi connectivity index (χ0n) is 9.36. The van der Waals surface area contributed by atoms with Gasteiger partial charge < -0.3 is 5.11 Å². The van der Waals surface area contributed by atoms with Gasteiger partial charge in [0.25, 0.3) is 0 Å². The zero-order valence-corrected chi connectivity index (χ0v) is 11.7. The van der Waals surface area contributed by atoms with E-state index in [4.69, 9.17) is 11.6 Å². The van der Waals surface area contributed by atoms with Crippen LogP contribution in [0.25, 0.3) is 0 Å². The molecule has 0 aliphatic rings. The average molecular weight is 277 g/mol. The second-order valence-corrected chi connectivity index (χ2v) is 6.09. The van der Waals surface area contributed by atoms with E-state index in [0.717, 1.165) is 27.8 Å². The van der Waals surface area contributed by atoms with Gasteiger partial charge in [-0.2, -0.15) is 11.8 Å². The van der Waals surface area contributed by atoms with E-state index < -0.39 is 0 Å². The summed E-state index contributed by atoms with van der Waals surface area (Å²) in [5, 5.41) is 10.5. The minimum Gasteiger partial charge on any atom is -0.391 e. The molecular formula is C12H17ClOS2. The topological polar surface area (TPSA) is 20.2 Å². The highest BCUT2D eigenvalue weighted by atomic mass is 35.5. The number of rotatable bonds is 7. The van der Waals surface area contributed by atoms with Crippen LogP contribution in [0.1, 0.15) is 13.3 Å². The van der Waals surface area contributed by atoms with E-state index in [9.17, 15) is 5.11 Å². The predicted octanol–water partition coefficient (Wildman–Crippen LogP) is 3.94. The van der Waals surface area contributed by atoms with Gasteiger partial charge in [0.1, 0.15) is 0 Å². The van der Waals surface area contributed by atoms with Crippen LogP contribution in [-0.2, 0) is 0 Å². The quantitative estimate of drug-likeness (QED) is 0.602. The first kappa shape index (κ1) is 14.2. The van der Waals surface area contributed by atoms with Gasteiger partial charge in [-0.05, 0) is 24.3 Å². The lowest BCUT2D eigenvalue weighted by atomic mass is 10.4. The highest BCUT2D eigenvalue weighted by molar-refractivity contribution is 8.00. The summed E-state index contributed by atoms with van der Waals surface area (Å²) in [6.07, 6.45) is 0.910. The number of hydrogen-bond donors (Lipinski definition) is 1. The summed E-state index contributed by atoms with van der Waals surface area (Å²) in [7, 11) is 0. The molecule has 90 valence electrons. The van der Waals surface area contributed by atoms with Gasteiger partial charge in [0.2, 0.25) is 0 Å². The number of thioether (sulfide) groups is 2. The van der Waals surface area contributed by atoms with Crippen molar-refractivity contribution in [3.05, 3.63) is 29.3 Å². The Bertz CT molecular complexity index is 307. The Kier molecular flexibility index (Phi) is 7.37. The van der Waals surface area contributed by atoms with Gasteiger partial charge in [0.15, 0.2) is 0 Å². The highest BCUT2D eigenvalue weighted by Crippen LogP contribution is 2.27. The molecule has 0 aromatic heterocycles. The SMILES string of the molecule is CCCSCC(O)CSc1ccccc1Cl. The molecular weight excluding hydrogens is 260 g/mol. The van der Waals surface area contributed by atoms with Crippen LogP contribution in [0, 0.1) is 0 Å². The van der Waals surface area contributed by atoms with Gasteiger partial charge >= 0.3 is 0 Å². The lowest BCUT2D eigenvalue weighted by molar-refractivity contribution is 0.225. The van der Waals surface area contributed by atoms with Crippen LogP contribution in [0.4, 0.5) is 0 Å². The Hall–Kier alpha value is 0.170. The molecule has 1 aromatic carbocycles. The third-order valence-corrected chi connectivity index (χ3v) is 4.90. The maximum atomic E-state index is 9.74. The molecule has 1 N–H and O–H groups in total. The minimum absolute atomic E-state index is 0.252. The number of hydrogen-bond acceptors (Lipinski definition) is 3. The third kappa shape index (κ3) is 5.48. The molecule has 0 amide bonds. The van der Waals surface area contributed by atoms with Crippen molar-refractivity contribution in [1.29, 1.82) is 0 Å². The van der Waals surface area contributed by atoms with Gasteiger partial charge in [-0.3, -0.25) is 0 Å². The Morgan fingerprint density at radius 1 is 1.31 bits per heavy atom. The normalized spacial score (nSPS) is 12.7. The molecule has 1 nitrogen and oxygen atoms in total. The number of benzene rings is 1. The van der Waals surface area contributed by atoms with Gasteiger partial charge in [-0.15, -0.1) is 11.8 Å². The maximum Gasteiger partial charge on any atom is 0.0724 e. The van der Waals surface area contributed by atoms with E-state index >= 15 is 0 Å². The maximum absolute atomic E-state index is 9.74. The summed E-state index contributed by atoms with van der Waals surface area (Å²) in [6.45, 7) is 2.15. The van der Waals surface area contributed by atoms with E-state index in [2.05, 4.69) is 6.92 Å². The smallest absolute Gasteiger partial charge is 0.0724 e. The lowest BCUT2D eigenvalue weighted by Gasteiger charge is -2.10. The summed E-state index contributed by atoms with van der Waals surface area (Å²) >= 11 is 9.45. The molecule has 1 atom stereocenters. The zero-order chi connectivity index (χ0) is 11.8. The molecule has 1 rings (SSSR count). The van der Waals surface area contributed by atoms with E-state index in [1.807, 2.05) is 24.3 Å². The largest absolute Gasteiger partial charge is 0.391 e. The van der Waals surface area contributed by atoms with E-state index in [1.165, 1.54) is 0 Å². The van der Waals surface area contributed by atoms with Crippen LogP contribution in [0.15, 0.2) is 29.2 Å². The summed E-state index contributed by atoms with van der Waals surface area (Å²) in [5.41, 5.74) is 0. The molecule has 1 aromatic rings. The molecule has 0 aliphatic heterocycles. The monoisotopic (exact) mass is 276 g/mol. The average Bonchev–Trinajstić information content (AvgIpc) is 2.28. The first-order chi connectivity index (χ1) is 7.74. The fraction of sp³-hybridized carbons (Fsp3) is 0.500. The lowest BCUT2D eigenvalue weighted by Crippen LogP contribution is -2.13. The van der Waals surface area contributed by atoms with Crippen molar-refractivity contribution in [3.63, 3.8) is 0 Å². The second kappa shape index (κ2) is 8.29. The Balaban J connectivity index is 2.26. The molecule has 0 radical (unpaired) electrons. The molecule has 0 heterocycles. The van der Waals surface area contributed by atoms with E-state index in [0.29, 0.717) is 5.75 Å². The molecule has 0 aliphatic carbocycles. The minimum atomic E-state index is -0.252. The molecule has 1 unspecified atom stereocenters. The van der Waals surface area contributed by atoms with Gasteiger partial charge in [-0.25, -0.2) is 0 Å². The van der Waals surface area contributed by atoms with Crippen LogP contribution in [-0.4, -0.2) is 28.5 Å². The van der Waals surface area contributed by atoms with Gasteiger partial charge in [0.05, 0.1) is 11.1 Å². The predicted molar refractivity (Wildman–Crippen MR) is 75.8 cm³/mol. The first-order valence-electron chi connectivity index (χ1n) is 5.37. The summed E-state index contributed by atoms with van der Waals surface area (Å²) in [4.78, 5) is 1.05. The molecule has 0 bridgehead atoms. The van der Waals surface area contributed by atoms with Crippen molar-refractivity contribution in [1.82, 2.24) is 0 Å². The van der Waals surface area contributed by atoms with Crippen molar-refractivity contribution >= 4 is 35.1 Å². The van der Waals surface area contributed by atoms with Crippen LogP contribution in [0.2, 0.25) is 5.02 Å². The Labute approximate surface area is 111 Å². The standard InChI is InChI=1S/C12H17ClOS2/c1-2-7-15-8-10(14)9-16-12-6-4-3-5-11(12)13/h3-6,10,14H,2,7-9H2,1H3. The summed E-state index contributed by atoms with van der Waals surface area (Å²) in [5.74, 6) is 2.64. The van der Waals surface area contributed by atoms with Crippen molar-refractivity contribution in [2.45, 2.75) is 24.3 Å². The fourth-order valence-electron chi connectivity index (χ4n) is 1.16. The number of halogens is 1. The molecule has 16 heavy (non-hydrogen) atoms. The molecule has 0 saturated heterocycles. The third-order valence-electron chi connectivity index (χ3n) is 1.93. The van der Waals surface area contributed by atoms with Gasteiger partial charge in [-0.1, -0.05) is 30.7 Å². The van der Waals surface area contributed by atoms with Crippen LogP contribution in [0.5, 0.6) is 0 Å². The fourth-order valence-corrected chi connectivity index (χ4v) is 3.32. The van der Waals surface area contributed by atoms with Crippen LogP contribution in [0.3, 0.4) is 0 Å². The van der Waals surface area contributed by atoms with Crippen molar-refractivity contribution in [2.24, 2.45) is 0 Å². The molecule has 4 heteroatoms. The van der Waals surface area contributed by atoms with Crippen molar-refractivity contribution in [2.75, 3.05) is 17.3 Å². The Morgan fingerprint density at radius 2 is 2.06 bits per heavy atom. The number of aliphatic hydroxyl groups excluding tert-OH is 1. The van der Waals surface area contributed by atoms with E-state index in [-0.39, 0.29) is 6.10 Å². The molecule has 0 saturated carbocycles. The second-order valence-electron chi connectivity index (χ2n) is 3.47. The summed E-state index contributed by atoms with van der Waals surface area (Å²) < 4.78 is 0. The molecule has 0 fully saturated rings. The molecule has 0 spiro atoms. The van der Waals surface area contributed by atoms with Crippen molar-refractivity contribution < 1.29 is 5.11 Å².